The molecule has 0 amide bonds. The quantitative estimate of drug-likeness (QED) is 0.749. The molecule has 25 heavy (non-hydrogen) atoms. The Morgan fingerprint density at radius 2 is 2.08 bits per heavy atom. The number of benzene rings is 1. The molecule has 8 heteroatoms. The van der Waals surface area contributed by atoms with Gasteiger partial charge in [0.1, 0.15) is 5.01 Å². The third-order valence-corrected chi connectivity index (χ3v) is 4.78. The molecule has 4 rings (SSSR count). The lowest BCUT2D eigenvalue weighted by atomic mass is 10.3. The van der Waals surface area contributed by atoms with E-state index in [-0.39, 0.29) is 6.79 Å². The zero-order chi connectivity index (χ0) is 17.2. The van der Waals surface area contributed by atoms with Crippen LogP contribution in [0, 0.1) is 6.92 Å². The normalized spacial score (nSPS) is 12.4. The Bertz CT molecular complexity index is 913. The summed E-state index contributed by atoms with van der Waals surface area (Å²) in [7, 11) is 1.66. The lowest BCUT2D eigenvalue weighted by Gasteiger charge is -2.07. The molecule has 2 aromatic heterocycles. The second kappa shape index (κ2) is 6.66. The highest BCUT2D eigenvalue weighted by Crippen LogP contribution is 2.35. The third kappa shape index (κ3) is 3.26. The monoisotopic (exact) mass is 356 g/mol. The minimum Gasteiger partial charge on any atom is -0.454 e. The van der Waals surface area contributed by atoms with Gasteiger partial charge < -0.3 is 19.5 Å². The van der Waals surface area contributed by atoms with Crippen LogP contribution in [-0.2, 0) is 11.3 Å². The zero-order valence-electron chi connectivity index (χ0n) is 13.8. The van der Waals surface area contributed by atoms with Crippen LogP contribution < -0.4 is 14.8 Å². The third-order valence-electron chi connectivity index (χ3n) is 3.63. The summed E-state index contributed by atoms with van der Waals surface area (Å²) >= 11 is 1.58. The number of hydrogen-bond donors (Lipinski definition) is 1. The average Bonchev–Trinajstić information content (AvgIpc) is 3.21. The summed E-state index contributed by atoms with van der Waals surface area (Å²) < 4.78 is 15.9. The van der Waals surface area contributed by atoms with Crippen molar-refractivity contribution in [3.63, 3.8) is 0 Å². The standard InChI is InChI=1S/C17H16N4O3S/c1-10-16(25-15(19-10)8-22-2)12-5-6-18-17(21-12)20-11-3-4-13-14(7-11)24-9-23-13/h3-7H,8-9H2,1-2H3,(H,18,20,21). The number of aryl methyl sites for hydroxylation is 1. The summed E-state index contributed by atoms with van der Waals surface area (Å²) in [6, 6.07) is 7.51. The molecule has 3 heterocycles. The van der Waals surface area contributed by atoms with Gasteiger partial charge in [0.15, 0.2) is 11.5 Å². The fourth-order valence-corrected chi connectivity index (χ4v) is 3.53. The molecule has 0 spiro atoms. The maximum atomic E-state index is 5.39. The Labute approximate surface area is 148 Å². The molecule has 0 bridgehead atoms. The van der Waals surface area contributed by atoms with E-state index in [4.69, 9.17) is 14.2 Å². The summed E-state index contributed by atoms with van der Waals surface area (Å²) in [6.45, 7) is 2.72. The summed E-state index contributed by atoms with van der Waals surface area (Å²) in [6.07, 6.45) is 1.73. The van der Waals surface area contributed by atoms with Gasteiger partial charge in [0.25, 0.3) is 0 Å². The molecule has 1 aliphatic rings. The Morgan fingerprint density at radius 1 is 1.20 bits per heavy atom. The smallest absolute Gasteiger partial charge is 0.231 e. The summed E-state index contributed by atoms with van der Waals surface area (Å²) in [5, 5.41) is 4.13. The molecule has 7 nitrogen and oxygen atoms in total. The van der Waals surface area contributed by atoms with Crippen LogP contribution in [0.25, 0.3) is 10.6 Å². The van der Waals surface area contributed by atoms with Crippen LogP contribution in [0.15, 0.2) is 30.5 Å². The van der Waals surface area contributed by atoms with Crippen molar-refractivity contribution in [2.75, 3.05) is 19.2 Å². The number of nitrogens with one attached hydrogen (secondary N) is 1. The molecule has 0 saturated carbocycles. The molecule has 3 aromatic rings. The molecular weight excluding hydrogens is 340 g/mol. The maximum Gasteiger partial charge on any atom is 0.231 e. The molecule has 0 unspecified atom stereocenters. The number of rotatable bonds is 5. The minimum atomic E-state index is 0.249. The summed E-state index contributed by atoms with van der Waals surface area (Å²) in [4.78, 5) is 14.4. The van der Waals surface area contributed by atoms with E-state index in [0.717, 1.165) is 32.7 Å². The van der Waals surface area contributed by atoms with Crippen molar-refractivity contribution in [1.29, 1.82) is 0 Å². The SMILES string of the molecule is COCc1nc(C)c(-c2ccnc(Nc3ccc4c(c3)OCO4)n2)s1. The van der Waals surface area contributed by atoms with Crippen molar-refractivity contribution in [1.82, 2.24) is 15.0 Å². The van der Waals surface area contributed by atoms with Gasteiger partial charge in [-0.2, -0.15) is 0 Å². The van der Waals surface area contributed by atoms with Crippen LogP contribution >= 0.6 is 11.3 Å². The number of anilines is 2. The maximum absolute atomic E-state index is 5.39. The summed E-state index contributed by atoms with van der Waals surface area (Å²) in [5.74, 6) is 1.97. The fraction of sp³-hybridized carbons (Fsp3) is 0.235. The van der Waals surface area contributed by atoms with Crippen LogP contribution in [0.2, 0.25) is 0 Å². The fourth-order valence-electron chi connectivity index (χ4n) is 2.52. The Hall–Kier alpha value is -2.71. The van der Waals surface area contributed by atoms with Gasteiger partial charge in [0, 0.05) is 25.1 Å². The molecule has 0 fully saturated rings. The van der Waals surface area contributed by atoms with E-state index in [1.54, 1.807) is 24.6 Å². The van der Waals surface area contributed by atoms with E-state index >= 15 is 0 Å². The predicted molar refractivity (Wildman–Crippen MR) is 94.4 cm³/mol. The van der Waals surface area contributed by atoms with Gasteiger partial charge in [0.2, 0.25) is 12.7 Å². The highest BCUT2D eigenvalue weighted by molar-refractivity contribution is 7.15. The zero-order valence-corrected chi connectivity index (χ0v) is 14.6. The largest absolute Gasteiger partial charge is 0.454 e. The second-order valence-corrected chi connectivity index (χ2v) is 6.50. The van der Waals surface area contributed by atoms with Gasteiger partial charge in [0.05, 0.1) is 22.9 Å². The average molecular weight is 356 g/mol. The number of hydrogen-bond acceptors (Lipinski definition) is 8. The van der Waals surface area contributed by atoms with Crippen molar-refractivity contribution in [2.24, 2.45) is 0 Å². The van der Waals surface area contributed by atoms with Gasteiger partial charge >= 0.3 is 0 Å². The number of methoxy groups -OCH3 is 1. The molecule has 1 aliphatic heterocycles. The minimum absolute atomic E-state index is 0.249. The van der Waals surface area contributed by atoms with Crippen LogP contribution in [0.1, 0.15) is 10.7 Å². The van der Waals surface area contributed by atoms with Crippen molar-refractivity contribution in [3.05, 3.63) is 41.2 Å². The van der Waals surface area contributed by atoms with Crippen LogP contribution in [0.4, 0.5) is 11.6 Å². The van der Waals surface area contributed by atoms with Gasteiger partial charge in [-0.3, -0.25) is 0 Å². The number of nitrogens with zero attached hydrogens (tertiary/aromatic N) is 3. The molecule has 0 atom stereocenters. The van der Waals surface area contributed by atoms with Crippen molar-refractivity contribution in [2.45, 2.75) is 13.5 Å². The van der Waals surface area contributed by atoms with Crippen molar-refractivity contribution >= 4 is 23.0 Å². The van der Waals surface area contributed by atoms with E-state index in [2.05, 4.69) is 20.3 Å². The van der Waals surface area contributed by atoms with Crippen LogP contribution in [0.5, 0.6) is 11.5 Å². The van der Waals surface area contributed by atoms with E-state index in [1.807, 2.05) is 31.2 Å². The van der Waals surface area contributed by atoms with Gasteiger partial charge in [-0.25, -0.2) is 15.0 Å². The van der Waals surface area contributed by atoms with Crippen LogP contribution in [-0.4, -0.2) is 28.9 Å². The molecule has 0 saturated heterocycles. The summed E-state index contributed by atoms with van der Waals surface area (Å²) in [5.41, 5.74) is 2.60. The Balaban J connectivity index is 1.59. The molecule has 0 aliphatic carbocycles. The first-order valence-electron chi connectivity index (χ1n) is 7.68. The van der Waals surface area contributed by atoms with E-state index < -0.39 is 0 Å². The van der Waals surface area contributed by atoms with Gasteiger partial charge in [-0.15, -0.1) is 11.3 Å². The molecule has 1 N–H and O–H groups in total. The van der Waals surface area contributed by atoms with E-state index in [0.29, 0.717) is 18.3 Å². The van der Waals surface area contributed by atoms with Crippen molar-refractivity contribution < 1.29 is 14.2 Å². The Kier molecular flexibility index (Phi) is 4.21. The lowest BCUT2D eigenvalue weighted by molar-refractivity contribution is 0.174. The van der Waals surface area contributed by atoms with Gasteiger partial charge in [-0.1, -0.05) is 0 Å². The van der Waals surface area contributed by atoms with E-state index in [1.165, 1.54) is 0 Å². The molecular formula is C17H16N4O3S. The number of aromatic nitrogens is 3. The highest BCUT2D eigenvalue weighted by atomic mass is 32.1. The molecule has 0 radical (unpaired) electrons. The molecule has 1 aromatic carbocycles. The van der Waals surface area contributed by atoms with Gasteiger partial charge in [-0.05, 0) is 25.1 Å². The first-order valence-corrected chi connectivity index (χ1v) is 8.50. The number of fused-ring (bicyclic) bond motifs is 1. The predicted octanol–water partition coefficient (Wildman–Crippen LogP) is 3.53. The number of ether oxygens (including phenoxy) is 3. The number of thiazole rings is 1. The first-order chi connectivity index (χ1) is 12.2. The van der Waals surface area contributed by atoms with Crippen molar-refractivity contribution in [3.8, 4) is 22.1 Å². The highest BCUT2D eigenvalue weighted by Gasteiger charge is 2.15. The first kappa shape index (κ1) is 15.8. The Morgan fingerprint density at radius 3 is 2.96 bits per heavy atom. The van der Waals surface area contributed by atoms with E-state index in [9.17, 15) is 0 Å². The lowest BCUT2D eigenvalue weighted by Crippen LogP contribution is -1.97. The van der Waals surface area contributed by atoms with Crippen LogP contribution in [0.3, 0.4) is 0 Å². The molecule has 128 valence electrons. The second-order valence-electron chi connectivity index (χ2n) is 5.41. The topological polar surface area (TPSA) is 78.4 Å².